The highest BCUT2D eigenvalue weighted by Crippen LogP contribution is 2.19. The van der Waals surface area contributed by atoms with E-state index in [9.17, 15) is 4.79 Å². The summed E-state index contributed by atoms with van der Waals surface area (Å²) in [7, 11) is 0. The molecule has 1 aromatic rings. The molecule has 1 aliphatic heterocycles. The van der Waals surface area contributed by atoms with E-state index in [0.29, 0.717) is 31.0 Å². The molecular weight excluding hydrogens is 256 g/mol. The van der Waals surface area contributed by atoms with Crippen LogP contribution in [0.2, 0.25) is 0 Å². The van der Waals surface area contributed by atoms with Crippen molar-refractivity contribution < 1.29 is 9.90 Å². The second-order valence-electron chi connectivity index (χ2n) is 5.52. The number of carbonyl (C=O) groups excluding carboxylic acids is 1. The highest BCUT2D eigenvalue weighted by Gasteiger charge is 2.24. The van der Waals surface area contributed by atoms with Crippen LogP contribution in [0.25, 0.3) is 0 Å². The van der Waals surface area contributed by atoms with Crippen molar-refractivity contribution in [1.82, 2.24) is 14.4 Å². The Morgan fingerprint density at radius 3 is 2.55 bits per heavy atom. The van der Waals surface area contributed by atoms with Crippen LogP contribution < -0.4 is 5.73 Å². The molecule has 6 nitrogen and oxygen atoms in total. The van der Waals surface area contributed by atoms with Crippen molar-refractivity contribution in [2.45, 2.75) is 19.9 Å². The Balaban J connectivity index is 2.05. The lowest BCUT2D eigenvalue weighted by Crippen LogP contribution is -2.49. The summed E-state index contributed by atoms with van der Waals surface area (Å²) in [5, 5.41) is 8.93. The zero-order valence-corrected chi connectivity index (χ0v) is 12.2. The SMILES string of the molecule is CC(C)n1cc(N)cc1C(=O)N1CCN(CCO)CC1. The molecule has 0 unspecified atom stereocenters. The number of aliphatic hydroxyl groups is 1. The minimum atomic E-state index is 0.0408. The molecule has 0 radical (unpaired) electrons. The van der Waals surface area contributed by atoms with Gasteiger partial charge in [-0.1, -0.05) is 0 Å². The van der Waals surface area contributed by atoms with Gasteiger partial charge in [0.05, 0.1) is 12.3 Å². The number of aromatic nitrogens is 1. The van der Waals surface area contributed by atoms with E-state index >= 15 is 0 Å². The quantitative estimate of drug-likeness (QED) is 0.837. The summed E-state index contributed by atoms with van der Waals surface area (Å²) in [5.41, 5.74) is 7.10. The first kappa shape index (κ1) is 14.9. The Morgan fingerprint density at radius 1 is 1.35 bits per heavy atom. The van der Waals surface area contributed by atoms with Crippen LogP contribution in [0, 0.1) is 0 Å². The second kappa shape index (κ2) is 6.28. The molecule has 20 heavy (non-hydrogen) atoms. The summed E-state index contributed by atoms with van der Waals surface area (Å²) in [4.78, 5) is 16.6. The summed E-state index contributed by atoms with van der Waals surface area (Å²) in [6.45, 7) is 7.93. The fraction of sp³-hybridized carbons (Fsp3) is 0.643. The molecule has 1 fully saturated rings. The van der Waals surface area contributed by atoms with Gasteiger partial charge in [-0.2, -0.15) is 0 Å². The number of nitrogen functional groups attached to an aromatic ring is 1. The van der Waals surface area contributed by atoms with E-state index in [0.717, 1.165) is 13.1 Å². The molecule has 1 amide bonds. The maximum atomic E-state index is 12.6. The van der Waals surface area contributed by atoms with E-state index in [-0.39, 0.29) is 18.6 Å². The molecule has 1 aliphatic rings. The van der Waals surface area contributed by atoms with Crippen LogP contribution in [0.3, 0.4) is 0 Å². The van der Waals surface area contributed by atoms with Gasteiger partial charge in [-0.3, -0.25) is 9.69 Å². The molecular formula is C14H24N4O2. The standard InChI is InChI=1S/C14H24N4O2/c1-11(2)18-10-12(15)9-13(18)14(20)17-5-3-16(4-6-17)7-8-19/h9-11,19H,3-8,15H2,1-2H3. The Kier molecular flexibility index (Phi) is 4.67. The average Bonchev–Trinajstić information content (AvgIpc) is 2.81. The summed E-state index contributed by atoms with van der Waals surface area (Å²) in [5.74, 6) is 0.0408. The topological polar surface area (TPSA) is 74.7 Å². The molecule has 1 aromatic heterocycles. The van der Waals surface area contributed by atoms with Gasteiger partial charge in [0.1, 0.15) is 5.69 Å². The molecule has 3 N–H and O–H groups in total. The first-order chi connectivity index (χ1) is 9.52. The first-order valence-corrected chi connectivity index (χ1v) is 7.12. The maximum Gasteiger partial charge on any atom is 0.270 e. The molecule has 1 saturated heterocycles. The molecule has 2 rings (SSSR count). The number of hydrogen-bond acceptors (Lipinski definition) is 4. The van der Waals surface area contributed by atoms with Gasteiger partial charge in [0.15, 0.2) is 0 Å². The lowest BCUT2D eigenvalue weighted by Gasteiger charge is -2.34. The molecule has 0 bridgehead atoms. The highest BCUT2D eigenvalue weighted by molar-refractivity contribution is 5.94. The van der Waals surface area contributed by atoms with Gasteiger partial charge in [0, 0.05) is 45.0 Å². The Labute approximate surface area is 119 Å². The Bertz CT molecular complexity index is 462. The number of carbonyl (C=O) groups is 1. The molecule has 0 aliphatic carbocycles. The molecule has 0 saturated carbocycles. The van der Waals surface area contributed by atoms with Crippen LogP contribution in [-0.4, -0.2) is 64.7 Å². The largest absolute Gasteiger partial charge is 0.397 e. The van der Waals surface area contributed by atoms with Gasteiger partial charge in [-0.25, -0.2) is 0 Å². The third-order valence-electron chi connectivity index (χ3n) is 3.72. The van der Waals surface area contributed by atoms with Crippen LogP contribution in [0.1, 0.15) is 30.4 Å². The number of amides is 1. The maximum absolute atomic E-state index is 12.6. The van der Waals surface area contributed by atoms with Crippen molar-refractivity contribution in [1.29, 1.82) is 0 Å². The van der Waals surface area contributed by atoms with Crippen molar-refractivity contribution >= 4 is 11.6 Å². The number of aliphatic hydroxyl groups excluding tert-OH is 1. The summed E-state index contributed by atoms with van der Waals surface area (Å²) >= 11 is 0. The van der Waals surface area contributed by atoms with Crippen LogP contribution in [-0.2, 0) is 0 Å². The second-order valence-corrected chi connectivity index (χ2v) is 5.52. The normalized spacial score (nSPS) is 16.9. The average molecular weight is 280 g/mol. The van der Waals surface area contributed by atoms with E-state index in [4.69, 9.17) is 10.8 Å². The van der Waals surface area contributed by atoms with E-state index < -0.39 is 0 Å². The fourth-order valence-corrected chi connectivity index (χ4v) is 2.58. The molecule has 2 heterocycles. The van der Waals surface area contributed by atoms with Gasteiger partial charge < -0.3 is 20.3 Å². The number of anilines is 1. The van der Waals surface area contributed by atoms with Crippen molar-refractivity contribution in [3.63, 3.8) is 0 Å². The summed E-state index contributed by atoms with van der Waals surface area (Å²) in [6, 6.07) is 1.96. The summed E-state index contributed by atoms with van der Waals surface area (Å²) < 4.78 is 1.93. The van der Waals surface area contributed by atoms with Gasteiger partial charge >= 0.3 is 0 Å². The van der Waals surface area contributed by atoms with Crippen LogP contribution in [0.5, 0.6) is 0 Å². The number of nitrogens with zero attached hydrogens (tertiary/aromatic N) is 3. The number of β-amino-alcohol motifs (C(OH)–C–C–N with tert-alkyl or cyclic N) is 1. The summed E-state index contributed by atoms with van der Waals surface area (Å²) in [6.07, 6.45) is 1.82. The van der Waals surface area contributed by atoms with Crippen LogP contribution >= 0.6 is 0 Å². The zero-order valence-electron chi connectivity index (χ0n) is 12.2. The number of piperazine rings is 1. The van der Waals surface area contributed by atoms with Crippen LogP contribution in [0.15, 0.2) is 12.3 Å². The highest BCUT2D eigenvalue weighted by atomic mass is 16.3. The van der Waals surface area contributed by atoms with E-state index in [2.05, 4.69) is 4.90 Å². The zero-order chi connectivity index (χ0) is 14.7. The predicted molar refractivity (Wildman–Crippen MR) is 78.7 cm³/mol. The third kappa shape index (κ3) is 3.13. The van der Waals surface area contributed by atoms with Gasteiger partial charge in [0.2, 0.25) is 0 Å². The lowest BCUT2D eigenvalue weighted by atomic mass is 10.2. The molecule has 0 spiro atoms. The molecule has 0 aromatic carbocycles. The van der Waals surface area contributed by atoms with Crippen molar-refractivity contribution in [2.75, 3.05) is 45.1 Å². The predicted octanol–water partition coefficient (Wildman–Crippen LogP) is 0.401. The minimum absolute atomic E-state index is 0.0408. The molecule has 6 heteroatoms. The van der Waals surface area contributed by atoms with E-state index in [1.165, 1.54) is 0 Å². The lowest BCUT2D eigenvalue weighted by molar-refractivity contribution is 0.0603. The van der Waals surface area contributed by atoms with Gasteiger partial charge in [0.25, 0.3) is 5.91 Å². The fourth-order valence-electron chi connectivity index (χ4n) is 2.58. The Hall–Kier alpha value is -1.53. The minimum Gasteiger partial charge on any atom is -0.397 e. The molecule has 112 valence electrons. The smallest absolute Gasteiger partial charge is 0.270 e. The van der Waals surface area contributed by atoms with Gasteiger partial charge in [-0.05, 0) is 19.9 Å². The first-order valence-electron chi connectivity index (χ1n) is 7.12. The van der Waals surface area contributed by atoms with E-state index in [1.54, 1.807) is 6.07 Å². The molecule has 0 atom stereocenters. The third-order valence-corrected chi connectivity index (χ3v) is 3.72. The van der Waals surface area contributed by atoms with Crippen molar-refractivity contribution in [3.8, 4) is 0 Å². The monoisotopic (exact) mass is 280 g/mol. The van der Waals surface area contributed by atoms with Crippen LogP contribution in [0.4, 0.5) is 5.69 Å². The van der Waals surface area contributed by atoms with Gasteiger partial charge in [-0.15, -0.1) is 0 Å². The van der Waals surface area contributed by atoms with Crippen molar-refractivity contribution in [3.05, 3.63) is 18.0 Å². The van der Waals surface area contributed by atoms with Crippen molar-refractivity contribution in [2.24, 2.45) is 0 Å². The number of rotatable bonds is 4. The number of hydrogen-bond donors (Lipinski definition) is 2. The van der Waals surface area contributed by atoms with E-state index in [1.807, 2.05) is 29.5 Å². The number of nitrogens with two attached hydrogens (primary N) is 1. The Morgan fingerprint density at radius 2 is 2.00 bits per heavy atom.